The van der Waals surface area contributed by atoms with Gasteiger partial charge in [0.05, 0.1) is 0 Å². The molecule has 1 aromatic carbocycles. The van der Waals surface area contributed by atoms with E-state index in [4.69, 9.17) is 11.5 Å². The van der Waals surface area contributed by atoms with E-state index in [1.165, 1.54) is 5.56 Å². The number of hydrogen-bond acceptors (Lipinski definition) is 3. The highest BCUT2D eigenvalue weighted by molar-refractivity contribution is 5.33. The summed E-state index contributed by atoms with van der Waals surface area (Å²) in [6.45, 7) is 2.07. The number of nitrogens with zero attached hydrogens (tertiary/aromatic N) is 1. The summed E-state index contributed by atoms with van der Waals surface area (Å²) >= 11 is 0. The van der Waals surface area contributed by atoms with Gasteiger partial charge in [0.15, 0.2) is 0 Å². The third-order valence-electron chi connectivity index (χ3n) is 2.81. The van der Waals surface area contributed by atoms with Gasteiger partial charge < -0.3 is 11.5 Å². The normalized spacial score (nSPS) is 12.4. The van der Waals surface area contributed by atoms with Crippen molar-refractivity contribution in [2.75, 3.05) is 5.73 Å². The second-order valence-corrected chi connectivity index (χ2v) is 4.31. The summed E-state index contributed by atoms with van der Waals surface area (Å²) in [5.74, 6) is 0.540. The maximum absolute atomic E-state index is 6.17. The summed E-state index contributed by atoms with van der Waals surface area (Å²) in [6.07, 6.45) is 2.49. The molecule has 17 heavy (non-hydrogen) atoms. The zero-order chi connectivity index (χ0) is 12.3. The van der Waals surface area contributed by atoms with Gasteiger partial charge >= 0.3 is 0 Å². The molecule has 0 saturated heterocycles. The number of nitrogen functional groups attached to an aromatic ring is 1. The first-order valence-corrected chi connectivity index (χ1v) is 5.68. The zero-order valence-corrected chi connectivity index (χ0v) is 9.93. The molecule has 3 heteroatoms. The molecule has 0 aliphatic heterocycles. The van der Waals surface area contributed by atoms with Crippen LogP contribution in [-0.2, 0) is 6.42 Å². The fourth-order valence-electron chi connectivity index (χ4n) is 1.81. The van der Waals surface area contributed by atoms with Crippen LogP contribution in [0.3, 0.4) is 0 Å². The summed E-state index contributed by atoms with van der Waals surface area (Å²) in [5.41, 5.74) is 15.3. The summed E-state index contributed by atoms with van der Waals surface area (Å²) in [4.78, 5) is 3.97. The number of rotatable bonds is 3. The van der Waals surface area contributed by atoms with E-state index in [1.54, 1.807) is 6.20 Å². The Bertz CT molecular complexity index is 491. The molecule has 1 aromatic heterocycles. The van der Waals surface area contributed by atoms with Crippen LogP contribution < -0.4 is 11.5 Å². The van der Waals surface area contributed by atoms with E-state index in [9.17, 15) is 0 Å². The first-order chi connectivity index (χ1) is 8.15. The fraction of sp³-hybridized carbons (Fsp3) is 0.214. The van der Waals surface area contributed by atoms with Gasteiger partial charge in [-0.25, -0.2) is 4.98 Å². The molecule has 0 bridgehead atoms. The Labute approximate surface area is 101 Å². The zero-order valence-electron chi connectivity index (χ0n) is 9.93. The molecule has 88 valence electrons. The number of benzene rings is 1. The van der Waals surface area contributed by atoms with Crippen molar-refractivity contribution in [3.05, 3.63) is 59.3 Å². The van der Waals surface area contributed by atoms with Gasteiger partial charge in [-0.15, -0.1) is 0 Å². The summed E-state index contributed by atoms with van der Waals surface area (Å²) < 4.78 is 0. The van der Waals surface area contributed by atoms with E-state index < -0.39 is 0 Å². The van der Waals surface area contributed by atoms with Crippen LogP contribution in [0, 0.1) is 6.92 Å². The van der Waals surface area contributed by atoms with Gasteiger partial charge in [0, 0.05) is 12.2 Å². The van der Waals surface area contributed by atoms with Crippen molar-refractivity contribution in [2.24, 2.45) is 5.73 Å². The van der Waals surface area contributed by atoms with Crippen LogP contribution in [-0.4, -0.2) is 4.98 Å². The lowest BCUT2D eigenvalue weighted by atomic mass is 9.99. The van der Waals surface area contributed by atoms with Crippen LogP contribution in [0.1, 0.15) is 22.7 Å². The maximum atomic E-state index is 6.17. The Hall–Kier alpha value is -1.87. The van der Waals surface area contributed by atoms with Crippen molar-refractivity contribution in [2.45, 2.75) is 19.4 Å². The summed E-state index contributed by atoms with van der Waals surface area (Å²) in [6, 6.07) is 12.1. The van der Waals surface area contributed by atoms with Gasteiger partial charge in [0.25, 0.3) is 0 Å². The van der Waals surface area contributed by atoms with Gasteiger partial charge in [0.1, 0.15) is 5.82 Å². The lowest BCUT2D eigenvalue weighted by molar-refractivity contribution is 0.721. The van der Waals surface area contributed by atoms with Crippen molar-refractivity contribution < 1.29 is 0 Å². The SMILES string of the molecule is Cc1ccc(C(N)Cc2ccnc(N)c2)cc1. The molecule has 4 N–H and O–H groups in total. The van der Waals surface area contributed by atoms with Crippen molar-refractivity contribution in [1.82, 2.24) is 4.98 Å². The number of nitrogens with two attached hydrogens (primary N) is 2. The topological polar surface area (TPSA) is 64.9 Å². The van der Waals surface area contributed by atoms with E-state index in [1.807, 2.05) is 12.1 Å². The Morgan fingerprint density at radius 2 is 1.88 bits per heavy atom. The molecule has 1 heterocycles. The largest absolute Gasteiger partial charge is 0.384 e. The molecule has 3 nitrogen and oxygen atoms in total. The number of hydrogen-bond donors (Lipinski definition) is 2. The Morgan fingerprint density at radius 1 is 1.18 bits per heavy atom. The van der Waals surface area contributed by atoms with Crippen LogP contribution in [0.15, 0.2) is 42.6 Å². The van der Waals surface area contributed by atoms with E-state index in [0.29, 0.717) is 5.82 Å². The van der Waals surface area contributed by atoms with E-state index >= 15 is 0 Å². The lowest BCUT2D eigenvalue weighted by Crippen LogP contribution is -2.13. The molecule has 1 unspecified atom stereocenters. The van der Waals surface area contributed by atoms with Crippen LogP contribution in [0.25, 0.3) is 0 Å². The molecule has 1 atom stereocenters. The van der Waals surface area contributed by atoms with Crippen molar-refractivity contribution >= 4 is 5.82 Å². The minimum atomic E-state index is -0.00241. The summed E-state index contributed by atoms with van der Waals surface area (Å²) in [5, 5.41) is 0. The lowest BCUT2D eigenvalue weighted by Gasteiger charge is -2.12. The van der Waals surface area contributed by atoms with Crippen molar-refractivity contribution in [3.8, 4) is 0 Å². The highest BCUT2D eigenvalue weighted by Crippen LogP contribution is 2.17. The standard InChI is InChI=1S/C14H17N3/c1-10-2-4-12(5-3-10)13(15)8-11-6-7-17-14(16)9-11/h2-7,9,13H,8,15H2,1H3,(H2,16,17). The summed E-state index contributed by atoms with van der Waals surface area (Å²) in [7, 11) is 0. The van der Waals surface area contributed by atoms with Crippen molar-refractivity contribution in [3.63, 3.8) is 0 Å². The number of aromatic nitrogens is 1. The molecule has 0 saturated carbocycles. The minimum Gasteiger partial charge on any atom is -0.384 e. The van der Waals surface area contributed by atoms with Crippen LogP contribution in [0.2, 0.25) is 0 Å². The molecule has 2 aromatic rings. The predicted molar refractivity (Wildman–Crippen MR) is 70.5 cm³/mol. The van der Waals surface area contributed by atoms with Gasteiger partial charge in [-0.05, 0) is 36.6 Å². The van der Waals surface area contributed by atoms with E-state index in [2.05, 4.69) is 36.2 Å². The van der Waals surface area contributed by atoms with Crippen LogP contribution in [0.4, 0.5) is 5.82 Å². The van der Waals surface area contributed by atoms with Gasteiger partial charge in [0.2, 0.25) is 0 Å². The highest BCUT2D eigenvalue weighted by atomic mass is 14.8. The van der Waals surface area contributed by atoms with Gasteiger partial charge in [-0.3, -0.25) is 0 Å². The highest BCUT2D eigenvalue weighted by Gasteiger charge is 2.07. The third kappa shape index (κ3) is 3.04. The third-order valence-corrected chi connectivity index (χ3v) is 2.81. The molecule has 0 spiro atoms. The van der Waals surface area contributed by atoms with Crippen LogP contribution >= 0.6 is 0 Å². The molecular weight excluding hydrogens is 210 g/mol. The quantitative estimate of drug-likeness (QED) is 0.845. The molecule has 0 aliphatic rings. The number of anilines is 1. The molecule has 2 rings (SSSR count). The molecule has 0 fully saturated rings. The van der Waals surface area contributed by atoms with Gasteiger partial charge in [-0.2, -0.15) is 0 Å². The van der Waals surface area contributed by atoms with E-state index in [-0.39, 0.29) is 6.04 Å². The maximum Gasteiger partial charge on any atom is 0.123 e. The van der Waals surface area contributed by atoms with Gasteiger partial charge in [-0.1, -0.05) is 29.8 Å². The number of pyridine rings is 1. The smallest absolute Gasteiger partial charge is 0.123 e. The molecule has 0 aliphatic carbocycles. The first-order valence-electron chi connectivity index (χ1n) is 5.68. The predicted octanol–water partition coefficient (Wildman–Crippen LogP) is 2.21. The minimum absolute atomic E-state index is 0.00241. The van der Waals surface area contributed by atoms with Crippen molar-refractivity contribution in [1.29, 1.82) is 0 Å². The first kappa shape index (κ1) is 11.6. The Kier molecular flexibility index (Phi) is 3.40. The molecule has 0 amide bonds. The fourth-order valence-corrected chi connectivity index (χ4v) is 1.81. The Balaban J connectivity index is 2.11. The number of aryl methyl sites for hydroxylation is 1. The second-order valence-electron chi connectivity index (χ2n) is 4.31. The van der Waals surface area contributed by atoms with Crippen LogP contribution in [0.5, 0.6) is 0 Å². The second kappa shape index (κ2) is 4.97. The Morgan fingerprint density at radius 3 is 2.53 bits per heavy atom. The average molecular weight is 227 g/mol. The monoisotopic (exact) mass is 227 g/mol. The average Bonchev–Trinajstić information content (AvgIpc) is 2.29. The molecular formula is C14H17N3. The molecule has 0 radical (unpaired) electrons. The van der Waals surface area contributed by atoms with E-state index in [0.717, 1.165) is 17.5 Å².